The summed E-state index contributed by atoms with van der Waals surface area (Å²) in [6.07, 6.45) is 1.49. The predicted octanol–water partition coefficient (Wildman–Crippen LogP) is 2.88. The molecule has 0 aliphatic carbocycles. The molecule has 0 spiro atoms. The molecule has 0 aliphatic heterocycles. The summed E-state index contributed by atoms with van der Waals surface area (Å²) < 4.78 is 0. The third kappa shape index (κ3) is 4.56. The average molecular weight is 340 g/mol. The lowest BCUT2D eigenvalue weighted by Gasteiger charge is -2.18. The summed E-state index contributed by atoms with van der Waals surface area (Å²) in [5.74, 6) is -0.441. The fraction of sp³-hybridized carbons (Fsp3) is 0.316. The van der Waals surface area contributed by atoms with Gasteiger partial charge in [-0.25, -0.2) is 0 Å². The van der Waals surface area contributed by atoms with Crippen LogP contribution in [0.2, 0.25) is 0 Å². The molecule has 0 aliphatic rings. The minimum absolute atomic E-state index is 0.171. The van der Waals surface area contributed by atoms with Gasteiger partial charge in [-0.3, -0.25) is 14.6 Å². The number of rotatable bonds is 6. The maximum atomic E-state index is 12.4. The van der Waals surface area contributed by atoms with Crippen molar-refractivity contribution in [1.29, 1.82) is 0 Å². The van der Waals surface area contributed by atoms with E-state index in [9.17, 15) is 9.59 Å². The number of nitrogens with zero attached hydrogens (tertiary/aromatic N) is 3. The van der Waals surface area contributed by atoms with E-state index in [-0.39, 0.29) is 17.5 Å². The highest BCUT2D eigenvalue weighted by Crippen LogP contribution is 2.16. The van der Waals surface area contributed by atoms with Gasteiger partial charge in [0.1, 0.15) is 5.69 Å². The SMILES string of the molecule is CCN(CC)C(=O)c1cc(C(=O)Nc2ccc(N(C)C)cc2)ccn1. The van der Waals surface area contributed by atoms with E-state index in [4.69, 9.17) is 0 Å². The number of carbonyl (C=O) groups is 2. The van der Waals surface area contributed by atoms with Crippen molar-refractivity contribution in [2.24, 2.45) is 0 Å². The molecule has 2 rings (SSSR count). The number of hydrogen-bond donors (Lipinski definition) is 1. The van der Waals surface area contributed by atoms with Crippen LogP contribution in [-0.4, -0.2) is 48.9 Å². The van der Waals surface area contributed by atoms with E-state index in [1.54, 1.807) is 11.0 Å². The maximum absolute atomic E-state index is 12.4. The molecule has 1 N–H and O–H groups in total. The van der Waals surface area contributed by atoms with Crippen LogP contribution in [0.3, 0.4) is 0 Å². The molecule has 0 saturated heterocycles. The van der Waals surface area contributed by atoms with Crippen molar-refractivity contribution in [2.75, 3.05) is 37.4 Å². The summed E-state index contributed by atoms with van der Waals surface area (Å²) in [7, 11) is 3.91. The van der Waals surface area contributed by atoms with Crippen LogP contribution in [0.4, 0.5) is 11.4 Å². The summed E-state index contributed by atoms with van der Waals surface area (Å²) in [4.78, 5) is 32.6. The Morgan fingerprint density at radius 3 is 2.24 bits per heavy atom. The molecule has 0 radical (unpaired) electrons. The van der Waals surface area contributed by atoms with E-state index in [1.807, 2.05) is 57.1 Å². The van der Waals surface area contributed by atoms with Crippen LogP contribution in [-0.2, 0) is 0 Å². The summed E-state index contributed by atoms with van der Waals surface area (Å²) >= 11 is 0. The number of carbonyl (C=O) groups excluding carboxylic acids is 2. The van der Waals surface area contributed by atoms with Crippen molar-refractivity contribution >= 4 is 23.2 Å². The lowest BCUT2D eigenvalue weighted by molar-refractivity contribution is 0.0767. The Hall–Kier alpha value is -2.89. The molecule has 25 heavy (non-hydrogen) atoms. The lowest BCUT2D eigenvalue weighted by Crippen LogP contribution is -2.31. The fourth-order valence-corrected chi connectivity index (χ4v) is 2.41. The first-order valence-corrected chi connectivity index (χ1v) is 8.30. The Morgan fingerprint density at radius 1 is 1.04 bits per heavy atom. The van der Waals surface area contributed by atoms with Crippen molar-refractivity contribution in [3.05, 3.63) is 53.9 Å². The summed E-state index contributed by atoms with van der Waals surface area (Å²) in [6.45, 7) is 5.03. The van der Waals surface area contributed by atoms with E-state index >= 15 is 0 Å². The van der Waals surface area contributed by atoms with Gasteiger partial charge in [0.05, 0.1) is 0 Å². The van der Waals surface area contributed by atoms with Crippen LogP contribution in [0.15, 0.2) is 42.6 Å². The highest BCUT2D eigenvalue weighted by molar-refractivity contribution is 6.05. The van der Waals surface area contributed by atoms with Crippen molar-refractivity contribution in [2.45, 2.75) is 13.8 Å². The second kappa shape index (κ2) is 8.28. The first-order chi connectivity index (χ1) is 12.0. The zero-order valence-corrected chi connectivity index (χ0v) is 15.1. The van der Waals surface area contributed by atoms with Crippen LogP contribution >= 0.6 is 0 Å². The van der Waals surface area contributed by atoms with Gasteiger partial charge in [-0.2, -0.15) is 0 Å². The van der Waals surface area contributed by atoms with Gasteiger partial charge < -0.3 is 15.1 Å². The third-order valence-electron chi connectivity index (χ3n) is 3.93. The number of benzene rings is 1. The van der Waals surface area contributed by atoms with E-state index in [0.29, 0.717) is 24.3 Å². The van der Waals surface area contributed by atoms with Crippen LogP contribution in [0.5, 0.6) is 0 Å². The molecule has 0 fully saturated rings. The molecule has 0 unspecified atom stereocenters. The largest absolute Gasteiger partial charge is 0.378 e. The van der Waals surface area contributed by atoms with E-state index in [0.717, 1.165) is 5.69 Å². The topological polar surface area (TPSA) is 65.5 Å². The first-order valence-electron chi connectivity index (χ1n) is 8.30. The Balaban J connectivity index is 2.14. The smallest absolute Gasteiger partial charge is 0.272 e. The summed E-state index contributed by atoms with van der Waals surface area (Å²) in [5, 5.41) is 2.84. The molecule has 2 aromatic rings. The molecule has 6 heteroatoms. The number of pyridine rings is 1. The number of amides is 2. The predicted molar refractivity (Wildman–Crippen MR) is 100 cm³/mol. The first kappa shape index (κ1) is 18.4. The summed E-state index contributed by atoms with van der Waals surface area (Å²) in [5.41, 5.74) is 2.43. The molecular formula is C19H24N4O2. The minimum atomic E-state index is -0.270. The zero-order chi connectivity index (χ0) is 18.4. The molecule has 0 bridgehead atoms. The highest BCUT2D eigenvalue weighted by atomic mass is 16.2. The highest BCUT2D eigenvalue weighted by Gasteiger charge is 2.16. The number of nitrogens with one attached hydrogen (secondary N) is 1. The standard InChI is InChI=1S/C19H24N4O2/c1-5-23(6-2)19(25)17-13-14(11-12-20-17)18(24)21-15-7-9-16(10-8-15)22(3)4/h7-13H,5-6H2,1-4H3,(H,21,24). The summed E-state index contributed by atoms with van der Waals surface area (Å²) in [6, 6.07) is 10.7. The molecule has 1 aromatic carbocycles. The van der Waals surface area contributed by atoms with Crippen molar-refractivity contribution < 1.29 is 9.59 Å². The van der Waals surface area contributed by atoms with Crippen LogP contribution in [0.1, 0.15) is 34.7 Å². The van der Waals surface area contributed by atoms with Crippen LogP contribution in [0.25, 0.3) is 0 Å². The molecule has 0 atom stereocenters. The number of hydrogen-bond acceptors (Lipinski definition) is 4. The minimum Gasteiger partial charge on any atom is -0.378 e. The zero-order valence-electron chi connectivity index (χ0n) is 15.1. The van der Waals surface area contributed by atoms with Gasteiger partial charge in [-0.05, 0) is 50.2 Å². The Bertz CT molecular complexity index is 737. The third-order valence-corrected chi connectivity index (χ3v) is 3.93. The molecule has 132 valence electrons. The number of aromatic nitrogens is 1. The van der Waals surface area contributed by atoms with Gasteiger partial charge in [0.25, 0.3) is 11.8 Å². The average Bonchev–Trinajstić information content (AvgIpc) is 2.63. The monoisotopic (exact) mass is 340 g/mol. The molecule has 2 amide bonds. The Labute approximate surface area is 148 Å². The van der Waals surface area contributed by atoms with Crippen molar-refractivity contribution in [3.63, 3.8) is 0 Å². The fourth-order valence-electron chi connectivity index (χ4n) is 2.41. The van der Waals surface area contributed by atoms with E-state index in [1.165, 1.54) is 12.3 Å². The number of anilines is 2. The van der Waals surface area contributed by atoms with Gasteiger partial charge in [0, 0.05) is 50.3 Å². The van der Waals surface area contributed by atoms with Gasteiger partial charge in [-0.1, -0.05) is 0 Å². The second-order valence-electron chi connectivity index (χ2n) is 5.80. The maximum Gasteiger partial charge on any atom is 0.272 e. The van der Waals surface area contributed by atoms with E-state index in [2.05, 4.69) is 10.3 Å². The van der Waals surface area contributed by atoms with E-state index < -0.39 is 0 Å². The van der Waals surface area contributed by atoms with Gasteiger partial charge in [0.15, 0.2) is 0 Å². The van der Waals surface area contributed by atoms with Crippen LogP contribution < -0.4 is 10.2 Å². The molecule has 1 heterocycles. The normalized spacial score (nSPS) is 10.2. The quantitative estimate of drug-likeness (QED) is 0.878. The van der Waals surface area contributed by atoms with Crippen LogP contribution in [0, 0.1) is 0 Å². The Morgan fingerprint density at radius 2 is 1.68 bits per heavy atom. The molecule has 6 nitrogen and oxygen atoms in total. The molecular weight excluding hydrogens is 316 g/mol. The molecule has 1 aromatic heterocycles. The van der Waals surface area contributed by atoms with Gasteiger partial charge in [-0.15, -0.1) is 0 Å². The second-order valence-corrected chi connectivity index (χ2v) is 5.80. The van der Waals surface area contributed by atoms with Gasteiger partial charge in [0.2, 0.25) is 0 Å². The molecule has 0 saturated carbocycles. The lowest BCUT2D eigenvalue weighted by atomic mass is 10.2. The Kier molecular flexibility index (Phi) is 6.11. The van der Waals surface area contributed by atoms with Gasteiger partial charge >= 0.3 is 0 Å². The van der Waals surface area contributed by atoms with Crippen molar-refractivity contribution in [1.82, 2.24) is 9.88 Å². The van der Waals surface area contributed by atoms with Crippen molar-refractivity contribution in [3.8, 4) is 0 Å².